The molecule has 0 radical (unpaired) electrons. The molecule has 1 nitrogen and oxygen atoms in total. The van der Waals surface area contributed by atoms with Crippen molar-refractivity contribution < 1.29 is 4.79 Å². The number of fused-ring (bicyclic) bond motifs is 5. The van der Waals surface area contributed by atoms with Gasteiger partial charge in [-0.15, -0.1) is 0 Å². The van der Waals surface area contributed by atoms with Crippen LogP contribution in [0.5, 0.6) is 0 Å². The highest BCUT2D eigenvalue weighted by Gasteiger charge is 2.52. The van der Waals surface area contributed by atoms with Gasteiger partial charge < -0.3 is 0 Å². The van der Waals surface area contributed by atoms with E-state index in [2.05, 4.69) is 37.3 Å². The Labute approximate surface area is 127 Å². The fourth-order valence-corrected chi connectivity index (χ4v) is 4.97. The van der Waals surface area contributed by atoms with E-state index in [0.717, 1.165) is 6.42 Å². The second-order valence-electron chi connectivity index (χ2n) is 7.33. The van der Waals surface area contributed by atoms with E-state index in [-0.39, 0.29) is 5.41 Å². The minimum absolute atomic E-state index is 0.145. The zero-order chi connectivity index (χ0) is 14.4. The number of unbranched alkanes of at least 4 members (excludes halogenated alkanes) is 1. The van der Waals surface area contributed by atoms with Crippen molar-refractivity contribution in [3.8, 4) is 0 Å². The molecule has 2 bridgehead atoms. The first kappa shape index (κ1) is 13.3. The summed E-state index contributed by atoms with van der Waals surface area (Å²) in [4.78, 5) is 12.3. The van der Waals surface area contributed by atoms with E-state index in [4.69, 9.17) is 0 Å². The predicted octanol–water partition coefficient (Wildman–Crippen LogP) is 4.38. The molecule has 21 heavy (non-hydrogen) atoms. The van der Waals surface area contributed by atoms with Crippen molar-refractivity contribution in [3.63, 3.8) is 0 Å². The fraction of sp³-hybridized carbons (Fsp3) is 0.550. The lowest BCUT2D eigenvalue weighted by Crippen LogP contribution is -2.39. The number of rotatable bonds is 3. The Kier molecular flexibility index (Phi) is 3.06. The third-order valence-corrected chi connectivity index (χ3v) is 5.94. The molecular weight excluding hydrogens is 256 g/mol. The van der Waals surface area contributed by atoms with Gasteiger partial charge in [-0.05, 0) is 54.2 Å². The molecule has 110 valence electrons. The van der Waals surface area contributed by atoms with Gasteiger partial charge in [0.05, 0.1) is 0 Å². The van der Waals surface area contributed by atoms with Crippen LogP contribution < -0.4 is 0 Å². The Morgan fingerprint density at radius 2 is 2.19 bits per heavy atom. The molecule has 0 aliphatic heterocycles. The molecule has 0 heterocycles. The van der Waals surface area contributed by atoms with E-state index >= 15 is 0 Å². The predicted molar refractivity (Wildman–Crippen MR) is 85.4 cm³/mol. The summed E-state index contributed by atoms with van der Waals surface area (Å²) < 4.78 is 0. The highest BCUT2D eigenvalue weighted by atomic mass is 16.1. The lowest BCUT2D eigenvalue weighted by Gasteiger charge is -2.40. The Morgan fingerprint density at radius 3 is 2.90 bits per heavy atom. The van der Waals surface area contributed by atoms with E-state index in [0.29, 0.717) is 24.0 Å². The number of carbonyl (C=O) groups excluding carboxylic acids is 1. The largest absolute Gasteiger partial charge is 0.299 e. The van der Waals surface area contributed by atoms with Gasteiger partial charge in [-0.25, -0.2) is 0 Å². The first-order valence-corrected chi connectivity index (χ1v) is 8.53. The molecule has 1 spiro atoms. The van der Waals surface area contributed by atoms with Gasteiger partial charge in [0.15, 0.2) is 0 Å². The molecule has 0 N–H and O–H groups in total. The maximum absolute atomic E-state index is 12.3. The molecule has 1 aromatic carbocycles. The van der Waals surface area contributed by atoms with E-state index in [1.165, 1.54) is 48.8 Å². The number of benzene rings is 1. The minimum atomic E-state index is 0.145. The Morgan fingerprint density at radius 1 is 1.29 bits per heavy atom. The molecule has 1 aromatic rings. The average Bonchev–Trinajstić information content (AvgIpc) is 3.06. The fourth-order valence-electron chi connectivity index (χ4n) is 4.97. The van der Waals surface area contributed by atoms with Crippen molar-refractivity contribution in [1.82, 2.24) is 0 Å². The first-order valence-electron chi connectivity index (χ1n) is 8.53. The molecule has 0 amide bonds. The summed E-state index contributed by atoms with van der Waals surface area (Å²) in [6.07, 6.45) is 12.4. The second kappa shape index (κ2) is 4.83. The third kappa shape index (κ3) is 2.01. The maximum Gasteiger partial charge on any atom is 0.138 e. The molecule has 3 atom stereocenters. The van der Waals surface area contributed by atoms with E-state index in [1.807, 2.05) is 0 Å². The number of allylic oxidation sites excluding steroid dienone is 2. The average molecular weight is 280 g/mol. The van der Waals surface area contributed by atoms with Crippen molar-refractivity contribution in [2.45, 2.75) is 57.3 Å². The highest BCUT2D eigenvalue weighted by Crippen LogP contribution is 2.57. The van der Waals surface area contributed by atoms with Crippen LogP contribution in [0.25, 0.3) is 0 Å². The van der Waals surface area contributed by atoms with Gasteiger partial charge in [-0.3, -0.25) is 4.79 Å². The molecule has 3 unspecified atom stereocenters. The quantitative estimate of drug-likeness (QED) is 0.751. The van der Waals surface area contributed by atoms with Gasteiger partial charge in [0.1, 0.15) is 5.78 Å². The van der Waals surface area contributed by atoms with Crippen LogP contribution in [0.2, 0.25) is 0 Å². The summed E-state index contributed by atoms with van der Waals surface area (Å²) in [5.74, 6) is 1.77. The van der Waals surface area contributed by atoms with Gasteiger partial charge in [0, 0.05) is 18.3 Å². The zero-order valence-electron chi connectivity index (χ0n) is 12.9. The normalized spacial score (nSPS) is 32.9. The maximum atomic E-state index is 12.3. The van der Waals surface area contributed by atoms with Crippen LogP contribution >= 0.6 is 0 Å². The smallest absolute Gasteiger partial charge is 0.138 e. The van der Waals surface area contributed by atoms with E-state index in [9.17, 15) is 4.79 Å². The lowest BCUT2D eigenvalue weighted by atomic mass is 9.62. The van der Waals surface area contributed by atoms with Crippen LogP contribution in [0, 0.1) is 11.8 Å². The molecular formula is C20H24O. The molecule has 1 heteroatoms. The van der Waals surface area contributed by atoms with E-state index < -0.39 is 0 Å². The number of aryl methyl sites for hydroxylation is 1. The van der Waals surface area contributed by atoms with Crippen LogP contribution in [0.1, 0.15) is 55.7 Å². The summed E-state index contributed by atoms with van der Waals surface area (Å²) in [5, 5.41) is 0. The van der Waals surface area contributed by atoms with Gasteiger partial charge in [-0.1, -0.05) is 43.7 Å². The molecule has 1 fully saturated rings. The van der Waals surface area contributed by atoms with Gasteiger partial charge in [0.2, 0.25) is 0 Å². The van der Waals surface area contributed by atoms with Gasteiger partial charge in [0.25, 0.3) is 0 Å². The summed E-state index contributed by atoms with van der Waals surface area (Å²) >= 11 is 0. The topological polar surface area (TPSA) is 17.1 Å². The zero-order valence-corrected chi connectivity index (χ0v) is 12.9. The minimum Gasteiger partial charge on any atom is -0.299 e. The van der Waals surface area contributed by atoms with Crippen molar-refractivity contribution in [2.24, 2.45) is 11.8 Å². The molecule has 1 saturated carbocycles. The van der Waals surface area contributed by atoms with E-state index in [1.54, 1.807) is 0 Å². The lowest BCUT2D eigenvalue weighted by molar-refractivity contribution is -0.120. The summed E-state index contributed by atoms with van der Waals surface area (Å²) in [6.45, 7) is 2.25. The third-order valence-electron chi connectivity index (χ3n) is 5.94. The molecule has 0 saturated heterocycles. The monoisotopic (exact) mass is 280 g/mol. The van der Waals surface area contributed by atoms with Gasteiger partial charge >= 0.3 is 0 Å². The van der Waals surface area contributed by atoms with Gasteiger partial charge in [-0.2, -0.15) is 0 Å². The van der Waals surface area contributed by atoms with Crippen LogP contribution in [-0.4, -0.2) is 5.78 Å². The molecule has 3 aliphatic carbocycles. The van der Waals surface area contributed by atoms with Crippen molar-refractivity contribution in [1.29, 1.82) is 0 Å². The Balaban J connectivity index is 1.78. The Hall–Kier alpha value is -1.37. The number of Topliss-reactive ketones (excluding diaryl/α,β-unsaturated/α-hetero) is 1. The molecule has 3 aliphatic rings. The van der Waals surface area contributed by atoms with Crippen LogP contribution in [0.15, 0.2) is 30.4 Å². The number of ketones is 1. The molecule has 0 aromatic heterocycles. The van der Waals surface area contributed by atoms with Crippen LogP contribution in [-0.2, 0) is 23.1 Å². The highest BCUT2D eigenvalue weighted by molar-refractivity contribution is 5.85. The van der Waals surface area contributed by atoms with Crippen LogP contribution in [0.4, 0.5) is 0 Å². The van der Waals surface area contributed by atoms with Crippen molar-refractivity contribution in [2.75, 3.05) is 0 Å². The second-order valence-corrected chi connectivity index (χ2v) is 7.33. The summed E-state index contributed by atoms with van der Waals surface area (Å²) in [7, 11) is 0. The number of hydrogen-bond acceptors (Lipinski definition) is 1. The van der Waals surface area contributed by atoms with Crippen molar-refractivity contribution >= 4 is 5.78 Å². The molecule has 4 rings (SSSR count). The van der Waals surface area contributed by atoms with Crippen molar-refractivity contribution in [3.05, 3.63) is 47.0 Å². The SMILES string of the molecule is CCCCc1ccc2c(c1)C1(CC(=O)C2)CC2C=CC1C2. The number of hydrogen-bond donors (Lipinski definition) is 0. The van der Waals surface area contributed by atoms with Crippen LogP contribution in [0.3, 0.4) is 0 Å². The first-order chi connectivity index (χ1) is 10.2. The Bertz CT molecular complexity index is 612. The number of carbonyl (C=O) groups is 1. The standard InChI is InChI=1S/C20H24O/c1-2-3-4-14-5-7-16-11-18(21)13-20(19(16)10-14)12-15-6-8-17(20)9-15/h5-8,10,15,17H,2-4,9,11-13H2,1H3. The summed E-state index contributed by atoms with van der Waals surface area (Å²) in [5.41, 5.74) is 4.45. The summed E-state index contributed by atoms with van der Waals surface area (Å²) in [6, 6.07) is 6.95.